The van der Waals surface area contributed by atoms with Crippen LogP contribution < -0.4 is 20.1 Å². The van der Waals surface area contributed by atoms with Gasteiger partial charge in [0, 0.05) is 17.4 Å². The van der Waals surface area contributed by atoms with Crippen LogP contribution in [0.2, 0.25) is 0 Å². The molecule has 1 aliphatic rings. The van der Waals surface area contributed by atoms with Gasteiger partial charge in [-0.25, -0.2) is 13.1 Å². The maximum absolute atomic E-state index is 13.1. The summed E-state index contributed by atoms with van der Waals surface area (Å²) in [5.41, 5.74) is 3.90. The van der Waals surface area contributed by atoms with Crippen LogP contribution >= 0.6 is 0 Å². The molecule has 0 fully saturated rings. The minimum absolute atomic E-state index is 0.0384. The van der Waals surface area contributed by atoms with E-state index < -0.39 is 22.2 Å². The lowest BCUT2D eigenvalue weighted by Gasteiger charge is -2.31. The van der Waals surface area contributed by atoms with E-state index in [-0.39, 0.29) is 17.3 Å². The molecule has 0 saturated heterocycles. The molecule has 3 aromatic carbocycles. The lowest BCUT2D eigenvalue weighted by molar-refractivity contribution is -0.114. The standard InChI is InChI=1S/C27H31N3O5S/c1-3-18-7-12-23(13-8-18)36(33,34)30-27-24-16-21(11-9-19(24)10-14-25(27)31)29-26(32)17-28-20-5-4-6-22(15-20)35-2/h4-9,11-13,15-16,25,27-28,30-31H,3,10,14,17H2,1-2H3,(H,29,32)/t25-,27-/m1/s1. The molecule has 36 heavy (non-hydrogen) atoms. The van der Waals surface area contributed by atoms with Gasteiger partial charge in [0.2, 0.25) is 15.9 Å². The van der Waals surface area contributed by atoms with Crippen molar-refractivity contribution in [2.45, 2.75) is 43.2 Å². The van der Waals surface area contributed by atoms with Gasteiger partial charge in [-0.15, -0.1) is 0 Å². The van der Waals surface area contributed by atoms with Crippen LogP contribution in [-0.4, -0.2) is 39.2 Å². The average Bonchev–Trinajstić information content (AvgIpc) is 2.89. The third-order valence-electron chi connectivity index (χ3n) is 6.31. The summed E-state index contributed by atoms with van der Waals surface area (Å²) in [5, 5.41) is 16.6. The van der Waals surface area contributed by atoms with E-state index in [1.54, 1.807) is 49.6 Å². The van der Waals surface area contributed by atoms with Crippen molar-refractivity contribution in [3.05, 3.63) is 83.4 Å². The van der Waals surface area contributed by atoms with E-state index in [0.29, 0.717) is 29.8 Å². The first kappa shape index (κ1) is 25.7. The van der Waals surface area contributed by atoms with Crippen LogP contribution in [0.15, 0.2) is 71.6 Å². The van der Waals surface area contributed by atoms with Crippen LogP contribution in [-0.2, 0) is 27.7 Å². The first-order valence-electron chi connectivity index (χ1n) is 11.9. The number of nitrogens with one attached hydrogen (secondary N) is 3. The number of fused-ring (bicyclic) bond motifs is 1. The molecule has 0 heterocycles. The Labute approximate surface area is 211 Å². The normalized spacial score (nSPS) is 17.2. The molecule has 190 valence electrons. The van der Waals surface area contributed by atoms with Gasteiger partial charge < -0.3 is 20.5 Å². The zero-order chi connectivity index (χ0) is 25.7. The first-order chi connectivity index (χ1) is 17.3. The largest absolute Gasteiger partial charge is 0.497 e. The van der Waals surface area contributed by atoms with Gasteiger partial charge in [0.1, 0.15) is 5.75 Å². The van der Waals surface area contributed by atoms with E-state index in [9.17, 15) is 18.3 Å². The second kappa shape index (κ2) is 11.1. The van der Waals surface area contributed by atoms with Crippen LogP contribution in [0.25, 0.3) is 0 Å². The van der Waals surface area contributed by atoms with Gasteiger partial charge in [-0.3, -0.25) is 4.79 Å². The molecule has 1 amide bonds. The molecule has 4 rings (SSSR count). The molecule has 0 aromatic heterocycles. The minimum Gasteiger partial charge on any atom is -0.497 e. The van der Waals surface area contributed by atoms with Crippen LogP contribution in [0, 0.1) is 0 Å². The summed E-state index contributed by atoms with van der Waals surface area (Å²) < 4.78 is 34.0. The summed E-state index contributed by atoms with van der Waals surface area (Å²) in [6, 6.07) is 18.5. The molecule has 4 N–H and O–H groups in total. The number of anilines is 2. The topological polar surface area (TPSA) is 117 Å². The van der Waals surface area contributed by atoms with Crippen molar-refractivity contribution < 1.29 is 23.1 Å². The summed E-state index contributed by atoms with van der Waals surface area (Å²) in [6.45, 7) is 2.04. The van der Waals surface area contributed by atoms with Crippen molar-refractivity contribution in [1.82, 2.24) is 4.72 Å². The fraction of sp³-hybridized carbons (Fsp3) is 0.296. The van der Waals surface area contributed by atoms with Gasteiger partial charge in [0.25, 0.3) is 0 Å². The fourth-order valence-electron chi connectivity index (χ4n) is 4.27. The summed E-state index contributed by atoms with van der Waals surface area (Å²) in [5.74, 6) is 0.422. The number of aliphatic hydroxyl groups is 1. The van der Waals surface area contributed by atoms with Gasteiger partial charge in [0.15, 0.2) is 0 Å². The minimum atomic E-state index is -3.86. The van der Waals surface area contributed by atoms with Gasteiger partial charge in [-0.2, -0.15) is 0 Å². The number of aliphatic hydroxyl groups excluding tert-OH is 1. The highest BCUT2D eigenvalue weighted by molar-refractivity contribution is 7.89. The molecule has 0 aliphatic heterocycles. The summed E-state index contributed by atoms with van der Waals surface area (Å²) in [7, 11) is -2.28. The molecule has 0 saturated carbocycles. The Morgan fingerprint density at radius 3 is 2.56 bits per heavy atom. The molecule has 2 atom stereocenters. The zero-order valence-electron chi connectivity index (χ0n) is 20.3. The van der Waals surface area contributed by atoms with Gasteiger partial charge >= 0.3 is 0 Å². The van der Waals surface area contributed by atoms with Crippen molar-refractivity contribution in [2.24, 2.45) is 0 Å². The molecule has 0 unspecified atom stereocenters. The lowest BCUT2D eigenvalue weighted by atomic mass is 9.86. The van der Waals surface area contributed by atoms with E-state index in [2.05, 4.69) is 15.4 Å². The Morgan fingerprint density at radius 1 is 1.06 bits per heavy atom. The van der Waals surface area contributed by atoms with Crippen LogP contribution in [0.4, 0.5) is 11.4 Å². The smallest absolute Gasteiger partial charge is 0.243 e. The number of carbonyl (C=O) groups excluding carboxylic acids is 1. The second-order valence-corrected chi connectivity index (χ2v) is 10.5. The highest BCUT2D eigenvalue weighted by Gasteiger charge is 2.32. The molecule has 9 heteroatoms. The number of hydrogen-bond acceptors (Lipinski definition) is 6. The van der Waals surface area contributed by atoms with Gasteiger partial charge in [-0.1, -0.05) is 31.2 Å². The number of hydrogen-bond donors (Lipinski definition) is 4. The van der Waals surface area contributed by atoms with Crippen molar-refractivity contribution >= 4 is 27.3 Å². The Balaban J connectivity index is 1.48. The number of ether oxygens (including phenoxy) is 1. The molecule has 0 bridgehead atoms. The second-order valence-electron chi connectivity index (χ2n) is 8.75. The molecule has 3 aromatic rings. The monoisotopic (exact) mass is 509 g/mol. The Bertz CT molecular complexity index is 1330. The summed E-state index contributed by atoms with van der Waals surface area (Å²) >= 11 is 0. The Morgan fingerprint density at radius 2 is 1.83 bits per heavy atom. The number of methoxy groups -OCH3 is 1. The van der Waals surface area contributed by atoms with E-state index in [0.717, 1.165) is 23.2 Å². The van der Waals surface area contributed by atoms with Gasteiger partial charge in [-0.05, 0) is 72.4 Å². The maximum Gasteiger partial charge on any atom is 0.243 e. The molecule has 0 radical (unpaired) electrons. The Hall–Kier alpha value is -3.40. The number of benzene rings is 3. The highest BCUT2D eigenvalue weighted by atomic mass is 32.2. The predicted molar refractivity (Wildman–Crippen MR) is 140 cm³/mol. The van der Waals surface area contributed by atoms with Crippen molar-refractivity contribution in [3.63, 3.8) is 0 Å². The average molecular weight is 510 g/mol. The van der Waals surface area contributed by atoms with Crippen LogP contribution in [0.5, 0.6) is 5.75 Å². The van der Waals surface area contributed by atoms with Crippen LogP contribution in [0.1, 0.15) is 36.1 Å². The number of sulfonamides is 1. The van der Waals surface area contributed by atoms with E-state index in [4.69, 9.17) is 4.74 Å². The first-order valence-corrected chi connectivity index (χ1v) is 13.4. The summed E-state index contributed by atoms with van der Waals surface area (Å²) in [4.78, 5) is 12.7. The van der Waals surface area contributed by atoms with Crippen molar-refractivity contribution in [3.8, 4) is 5.75 Å². The zero-order valence-corrected chi connectivity index (χ0v) is 21.1. The van der Waals surface area contributed by atoms with Crippen molar-refractivity contribution in [2.75, 3.05) is 24.3 Å². The maximum atomic E-state index is 13.1. The van der Waals surface area contributed by atoms with Gasteiger partial charge in [0.05, 0.1) is 30.7 Å². The number of aryl methyl sites for hydroxylation is 2. The predicted octanol–water partition coefficient (Wildman–Crippen LogP) is 3.63. The molecule has 8 nitrogen and oxygen atoms in total. The fourth-order valence-corrected chi connectivity index (χ4v) is 5.52. The Kier molecular flexibility index (Phi) is 7.93. The van der Waals surface area contributed by atoms with E-state index in [1.807, 2.05) is 31.2 Å². The molecule has 0 spiro atoms. The van der Waals surface area contributed by atoms with E-state index >= 15 is 0 Å². The molecule has 1 aliphatic carbocycles. The quantitative estimate of drug-likeness (QED) is 0.350. The molecular weight excluding hydrogens is 478 g/mol. The molecular formula is C27H31N3O5S. The number of carbonyl (C=O) groups is 1. The number of amides is 1. The van der Waals surface area contributed by atoms with Crippen LogP contribution in [0.3, 0.4) is 0 Å². The SMILES string of the molecule is CCc1ccc(S(=O)(=O)N[C@@H]2c3cc(NC(=O)CNc4cccc(OC)c4)ccc3CC[C@H]2O)cc1. The van der Waals surface area contributed by atoms with Crippen molar-refractivity contribution in [1.29, 1.82) is 0 Å². The lowest BCUT2D eigenvalue weighted by Crippen LogP contribution is -2.39. The highest BCUT2D eigenvalue weighted by Crippen LogP contribution is 2.33. The third-order valence-corrected chi connectivity index (χ3v) is 7.76. The summed E-state index contributed by atoms with van der Waals surface area (Å²) in [6.07, 6.45) is 0.978. The van der Waals surface area contributed by atoms with E-state index in [1.165, 1.54) is 0 Å². The third kappa shape index (κ3) is 6.04. The number of rotatable bonds is 9.